The molecule has 0 radical (unpaired) electrons. The Hall–Kier alpha value is -0.410. The molecule has 3 nitrogen and oxygen atoms in total. The SMILES string of the molecule is CCCCCCCCCCCC(=O)C12CCCCC1OO2. The zero-order chi connectivity index (χ0) is 15.0. The Morgan fingerprint density at radius 3 is 2.24 bits per heavy atom. The highest BCUT2D eigenvalue weighted by atomic mass is 17.3. The van der Waals surface area contributed by atoms with E-state index in [1.807, 2.05) is 0 Å². The summed E-state index contributed by atoms with van der Waals surface area (Å²) in [5.74, 6) is 0.293. The van der Waals surface area contributed by atoms with Gasteiger partial charge in [-0.25, -0.2) is 9.78 Å². The van der Waals surface area contributed by atoms with E-state index in [-0.39, 0.29) is 6.10 Å². The topological polar surface area (TPSA) is 35.5 Å². The van der Waals surface area contributed by atoms with Gasteiger partial charge in [0.25, 0.3) is 0 Å². The number of hydrogen-bond acceptors (Lipinski definition) is 3. The Kier molecular flexibility index (Phi) is 7.18. The van der Waals surface area contributed by atoms with E-state index in [0.29, 0.717) is 12.2 Å². The fourth-order valence-electron chi connectivity index (χ4n) is 3.61. The lowest BCUT2D eigenvalue weighted by Gasteiger charge is -2.48. The smallest absolute Gasteiger partial charge is 0.190 e. The third kappa shape index (κ3) is 4.53. The average molecular weight is 296 g/mol. The lowest BCUT2D eigenvalue weighted by Crippen LogP contribution is -2.62. The van der Waals surface area contributed by atoms with Gasteiger partial charge in [0.2, 0.25) is 0 Å². The summed E-state index contributed by atoms with van der Waals surface area (Å²) < 4.78 is 0. The van der Waals surface area contributed by atoms with Gasteiger partial charge in [0.05, 0.1) is 0 Å². The van der Waals surface area contributed by atoms with Gasteiger partial charge < -0.3 is 0 Å². The largest absolute Gasteiger partial charge is 0.296 e. The van der Waals surface area contributed by atoms with E-state index in [4.69, 9.17) is 9.78 Å². The maximum Gasteiger partial charge on any atom is 0.190 e. The number of carbonyl (C=O) groups is 1. The van der Waals surface area contributed by atoms with Crippen LogP contribution in [0.4, 0.5) is 0 Å². The fraction of sp³-hybridized carbons (Fsp3) is 0.944. The monoisotopic (exact) mass is 296 g/mol. The number of hydrogen-bond donors (Lipinski definition) is 0. The summed E-state index contributed by atoms with van der Waals surface area (Å²) in [6, 6.07) is 0. The first kappa shape index (κ1) is 17.0. The summed E-state index contributed by atoms with van der Waals surface area (Å²) in [4.78, 5) is 22.8. The van der Waals surface area contributed by atoms with Gasteiger partial charge in [-0.1, -0.05) is 64.7 Å². The molecule has 0 aromatic heterocycles. The maximum absolute atomic E-state index is 12.4. The molecule has 1 saturated carbocycles. The van der Waals surface area contributed by atoms with Crippen molar-refractivity contribution in [2.45, 2.75) is 109 Å². The molecular weight excluding hydrogens is 264 g/mol. The molecule has 0 bridgehead atoms. The number of rotatable bonds is 11. The predicted molar refractivity (Wildman–Crippen MR) is 84.0 cm³/mol. The zero-order valence-corrected chi connectivity index (χ0v) is 13.7. The molecule has 21 heavy (non-hydrogen) atoms. The fourth-order valence-corrected chi connectivity index (χ4v) is 3.61. The summed E-state index contributed by atoms with van der Waals surface area (Å²) >= 11 is 0. The first-order valence-corrected chi connectivity index (χ1v) is 9.17. The van der Waals surface area contributed by atoms with Crippen LogP contribution in [-0.4, -0.2) is 17.5 Å². The number of fused-ring (bicyclic) bond motifs is 1. The van der Waals surface area contributed by atoms with Crippen LogP contribution in [0.5, 0.6) is 0 Å². The van der Waals surface area contributed by atoms with Gasteiger partial charge in [0.1, 0.15) is 6.10 Å². The Bertz CT molecular complexity index is 316. The molecule has 0 spiro atoms. The number of ketones is 1. The lowest BCUT2D eigenvalue weighted by molar-refractivity contribution is -0.500. The molecule has 0 aromatic carbocycles. The normalized spacial score (nSPS) is 28.0. The highest BCUT2D eigenvalue weighted by Gasteiger charge is 2.57. The van der Waals surface area contributed by atoms with Crippen LogP contribution < -0.4 is 0 Å². The van der Waals surface area contributed by atoms with E-state index < -0.39 is 5.60 Å². The minimum atomic E-state index is -0.543. The number of unbranched alkanes of at least 4 members (excludes halogenated alkanes) is 8. The van der Waals surface area contributed by atoms with Crippen molar-refractivity contribution in [3.63, 3.8) is 0 Å². The maximum atomic E-state index is 12.4. The average Bonchev–Trinajstić information content (AvgIpc) is 2.47. The molecule has 3 heteroatoms. The van der Waals surface area contributed by atoms with Gasteiger partial charge in [0, 0.05) is 6.42 Å². The minimum Gasteiger partial charge on any atom is -0.296 e. The highest BCUT2D eigenvalue weighted by Crippen LogP contribution is 2.43. The van der Waals surface area contributed by atoms with Crippen LogP contribution in [0.15, 0.2) is 0 Å². The molecule has 2 unspecified atom stereocenters. The molecule has 0 aromatic rings. The minimum absolute atomic E-state index is 0.0531. The van der Waals surface area contributed by atoms with Gasteiger partial charge >= 0.3 is 0 Å². The molecule has 2 rings (SSSR count). The van der Waals surface area contributed by atoms with E-state index in [1.165, 1.54) is 57.8 Å². The second kappa shape index (κ2) is 8.89. The Labute approximate surface area is 129 Å². The molecule has 122 valence electrons. The predicted octanol–water partition coefficient (Wildman–Crippen LogP) is 5.12. The molecular formula is C18H32O3. The van der Waals surface area contributed by atoms with Crippen molar-refractivity contribution in [2.24, 2.45) is 0 Å². The first-order chi connectivity index (χ1) is 10.3. The van der Waals surface area contributed by atoms with Crippen LogP contribution in [0, 0.1) is 0 Å². The standard InChI is InChI=1S/C18H32O3/c1-2-3-4-5-6-7-8-9-10-13-16(19)18-15-12-11-14-17(18)20-21-18/h17H,2-15H2,1H3. The summed E-state index contributed by atoms with van der Waals surface area (Å²) in [5.41, 5.74) is -0.543. The quantitative estimate of drug-likeness (QED) is 0.392. The van der Waals surface area contributed by atoms with Crippen LogP contribution in [-0.2, 0) is 14.6 Å². The molecule has 1 aliphatic carbocycles. The Morgan fingerprint density at radius 1 is 1.00 bits per heavy atom. The van der Waals surface area contributed by atoms with Crippen molar-refractivity contribution in [2.75, 3.05) is 0 Å². The van der Waals surface area contributed by atoms with Crippen LogP contribution in [0.1, 0.15) is 96.8 Å². The van der Waals surface area contributed by atoms with Crippen molar-refractivity contribution < 1.29 is 14.6 Å². The second-order valence-corrected chi connectivity index (χ2v) is 6.81. The molecule has 1 saturated heterocycles. The van der Waals surface area contributed by atoms with Crippen molar-refractivity contribution in [3.05, 3.63) is 0 Å². The van der Waals surface area contributed by atoms with Crippen LogP contribution in [0.25, 0.3) is 0 Å². The van der Waals surface area contributed by atoms with Gasteiger partial charge in [-0.3, -0.25) is 4.79 Å². The Morgan fingerprint density at radius 2 is 1.67 bits per heavy atom. The highest BCUT2D eigenvalue weighted by molar-refractivity contribution is 5.88. The summed E-state index contributed by atoms with van der Waals surface area (Å²) in [6.07, 6.45) is 16.5. The first-order valence-electron chi connectivity index (χ1n) is 9.17. The van der Waals surface area contributed by atoms with Crippen molar-refractivity contribution in [1.29, 1.82) is 0 Å². The molecule has 0 N–H and O–H groups in total. The van der Waals surface area contributed by atoms with Crippen molar-refractivity contribution >= 4 is 5.78 Å². The van der Waals surface area contributed by atoms with Gasteiger partial charge in [-0.15, -0.1) is 0 Å². The molecule has 2 aliphatic rings. The molecule has 1 aliphatic heterocycles. The van der Waals surface area contributed by atoms with Gasteiger partial charge in [0.15, 0.2) is 11.4 Å². The zero-order valence-electron chi connectivity index (χ0n) is 13.7. The summed E-state index contributed by atoms with van der Waals surface area (Å²) in [5, 5.41) is 0. The molecule has 2 fully saturated rings. The molecule has 2 atom stereocenters. The van der Waals surface area contributed by atoms with E-state index in [2.05, 4.69) is 6.92 Å². The van der Waals surface area contributed by atoms with Crippen molar-refractivity contribution in [3.8, 4) is 0 Å². The summed E-state index contributed by atoms with van der Waals surface area (Å²) in [6.45, 7) is 2.25. The second-order valence-electron chi connectivity index (χ2n) is 6.81. The number of carbonyl (C=O) groups excluding carboxylic acids is 1. The van der Waals surface area contributed by atoms with E-state index in [9.17, 15) is 4.79 Å². The molecule has 0 amide bonds. The third-order valence-electron chi connectivity index (χ3n) is 5.08. The van der Waals surface area contributed by atoms with Crippen molar-refractivity contribution in [1.82, 2.24) is 0 Å². The van der Waals surface area contributed by atoms with Gasteiger partial charge in [-0.2, -0.15) is 0 Å². The van der Waals surface area contributed by atoms with E-state index >= 15 is 0 Å². The van der Waals surface area contributed by atoms with E-state index in [0.717, 1.165) is 25.7 Å². The van der Waals surface area contributed by atoms with Crippen LogP contribution >= 0.6 is 0 Å². The third-order valence-corrected chi connectivity index (χ3v) is 5.08. The van der Waals surface area contributed by atoms with E-state index in [1.54, 1.807) is 0 Å². The van der Waals surface area contributed by atoms with Crippen LogP contribution in [0.2, 0.25) is 0 Å². The molecule has 1 heterocycles. The lowest BCUT2D eigenvalue weighted by atomic mass is 9.76. The van der Waals surface area contributed by atoms with Gasteiger partial charge in [-0.05, 0) is 25.7 Å². The van der Waals surface area contributed by atoms with Crippen LogP contribution in [0.3, 0.4) is 0 Å². The Balaban J connectivity index is 1.50. The number of Topliss-reactive ketones (excluding diaryl/α,β-unsaturated/α-hetero) is 1. The summed E-state index contributed by atoms with van der Waals surface area (Å²) in [7, 11) is 0.